The maximum absolute atomic E-state index is 13.2. The molecule has 0 radical (unpaired) electrons. The van der Waals surface area contributed by atoms with Crippen LogP contribution in [0.5, 0.6) is 11.8 Å². The van der Waals surface area contributed by atoms with Crippen LogP contribution in [0.25, 0.3) is 0 Å². The van der Waals surface area contributed by atoms with E-state index in [1.165, 1.54) is 12.1 Å². The Morgan fingerprint density at radius 3 is 2.70 bits per heavy atom. The van der Waals surface area contributed by atoms with Gasteiger partial charge in [-0.2, -0.15) is 9.97 Å². The molecule has 3 aromatic rings. The van der Waals surface area contributed by atoms with Crippen molar-refractivity contribution >= 4 is 29.2 Å². The number of rotatable bonds is 11. The molecule has 2 atom stereocenters. The molecule has 0 fully saturated rings. The number of hydrogen-bond acceptors (Lipinski definition) is 10. The molecule has 3 heterocycles. The van der Waals surface area contributed by atoms with Crippen molar-refractivity contribution in [2.24, 2.45) is 0 Å². The van der Waals surface area contributed by atoms with Gasteiger partial charge in [0.2, 0.25) is 17.7 Å². The molecular formula is C20H25ClFN7O4. The Bertz CT molecular complexity index is 1050. The number of nitrogens with one attached hydrogen (secondary N) is 3. The van der Waals surface area contributed by atoms with E-state index in [9.17, 15) is 9.50 Å². The molecule has 0 spiro atoms. The van der Waals surface area contributed by atoms with Gasteiger partial charge in [-0.05, 0) is 32.9 Å². The number of aliphatic hydroxyl groups is 2. The quantitative estimate of drug-likeness (QED) is 0.276. The Kier molecular flexibility index (Phi) is 8.20. The second-order valence-electron chi connectivity index (χ2n) is 7.34. The van der Waals surface area contributed by atoms with E-state index in [2.05, 4.69) is 35.8 Å². The molecule has 11 nitrogen and oxygen atoms in total. The lowest BCUT2D eigenvalue weighted by atomic mass is 10.2. The number of aromatic nitrogens is 5. The van der Waals surface area contributed by atoms with Gasteiger partial charge in [-0.1, -0.05) is 11.6 Å². The zero-order valence-electron chi connectivity index (χ0n) is 18.2. The molecule has 0 aromatic carbocycles. The normalized spacial score (nSPS) is 13.0. The van der Waals surface area contributed by atoms with Crippen LogP contribution in [-0.2, 0) is 0 Å². The highest BCUT2D eigenvalue weighted by Gasteiger charge is 2.19. The molecule has 5 N–H and O–H groups in total. The van der Waals surface area contributed by atoms with Crippen LogP contribution >= 0.6 is 11.6 Å². The predicted molar refractivity (Wildman–Crippen MR) is 119 cm³/mol. The molecule has 33 heavy (non-hydrogen) atoms. The molecular weight excluding hydrogens is 457 g/mol. The van der Waals surface area contributed by atoms with Crippen molar-refractivity contribution in [2.45, 2.75) is 39.0 Å². The van der Waals surface area contributed by atoms with Crippen molar-refractivity contribution in [1.82, 2.24) is 25.1 Å². The molecule has 0 aliphatic rings. The van der Waals surface area contributed by atoms with Crippen molar-refractivity contribution < 1.29 is 24.1 Å². The molecule has 0 bridgehead atoms. The average molecular weight is 482 g/mol. The van der Waals surface area contributed by atoms with Crippen LogP contribution in [0.2, 0.25) is 5.02 Å². The number of ether oxygens (including phenoxy) is 2. The second kappa shape index (κ2) is 11.1. The highest BCUT2D eigenvalue weighted by molar-refractivity contribution is 6.34. The summed E-state index contributed by atoms with van der Waals surface area (Å²) in [4.78, 5) is 12.7. The Labute approximate surface area is 194 Å². The van der Waals surface area contributed by atoms with E-state index in [1.807, 2.05) is 13.8 Å². The first-order chi connectivity index (χ1) is 15.7. The van der Waals surface area contributed by atoms with E-state index in [4.69, 9.17) is 26.2 Å². The largest absolute Gasteiger partial charge is 0.474 e. The first-order valence-electron chi connectivity index (χ1n) is 10.1. The van der Waals surface area contributed by atoms with Gasteiger partial charge in [0.25, 0.3) is 0 Å². The van der Waals surface area contributed by atoms with Crippen molar-refractivity contribution in [3.8, 4) is 11.8 Å². The third kappa shape index (κ3) is 6.88. The van der Waals surface area contributed by atoms with Gasteiger partial charge in [-0.3, -0.25) is 10.1 Å². The number of pyridine rings is 1. The molecule has 0 aliphatic carbocycles. The zero-order valence-corrected chi connectivity index (χ0v) is 19.0. The van der Waals surface area contributed by atoms with Crippen LogP contribution < -0.4 is 20.1 Å². The number of hydrogen-bond donors (Lipinski definition) is 5. The molecule has 0 aliphatic heterocycles. The third-order valence-corrected chi connectivity index (χ3v) is 4.49. The van der Waals surface area contributed by atoms with Crippen LogP contribution in [0.15, 0.2) is 24.4 Å². The summed E-state index contributed by atoms with van der Waals surface area (Å²) in [5.74, 6) is 0.676. The first-order valence-corrected chi connectivity index (χ1v) is 10.5. The number of halogens is 2. The first kappa shape index (κ1) is 24.4. The minimum Gasteiger partial charge on any atom is -0.474 e. The summed E-state index contributed by atoms with van der Waals surface area (Å²) >= 11 is 6.42. The van der Waals surface area contributed by atoms with Gasteiger partial charge in [0.1, 0.15) is 29.4 Å². The molecule has 0 unspecified atom stereocenters. The topological polar surface area (TPSA) is 150 Å². The van der Waals surface area contributed by atoms with Crippen LogP contribution in [0.1, 0.15) is 32.5 Å². The lowest BCUT2D eigenvalue weighted by molar-refractivity contribution is 0.0522. The highest BCUT2D eigenvalue weighted by atomic mass is 35.5. The fourth-order valence-corrected chi connectivity index (χ4v) is 2.79. The van der Waals surface area contributed by atoms with Crippen molar-refractivity contribution in [1.29, 1.82) is 0 Å². The maximum atomic E-state index is 13.2. The molecule has 3 rings (SSSR count). The molecule has 0 amide bonds. The summed E-state index contributed by atoms with van der Waals surface area (Å²) < 4.78 is 24.2. The van der Waals surface area contributed by atoms with Crippen molar-refractivity contribution in [3.05, 3.63) is 40.9 Å². The van der Waals surface area contributed by atoms with Crippen LogP contribution in [-0.4, -0.2) is 60.8 Å². The summed E-state index contributed by atoms with van der Waals surface area (Å²) in [7, 11) is 0. The minimum atomic E-state index is -1.12. The van der Waals surface area contributed by atoms with E-state index in [0.717, 1.165) is 6.20 Å². The average Bonchev–Trinajstić information content (AvgIpc) is 3.20. The number of anilines is 3. The van der Waals surface area contributed by atoms with Gasteiger partial charge in [0.15, 0.2) is 5.82 Å². The lowest BCUT2D eigenvalue weighted by Gasteiger charge is -2.17. The summed E-state index contributed by atoms with van der Waals surface area (Å²) in [5.41, 5.74) is 0.562. The van der Waals surface area contributed by atoms with E-state index < -0.39 is 18.5 Å². The van der Waals surface area contributed by atoms with Gasteiger partial charge in [0, 0.05) is 6.07 Å². The third-order valence-electron chi connectivity index (χ3n) is 4.15. The minimum absolute atomic E-state index is 0.0263. The Morgan fingerprint density at radius 2 is 2.03 bits per heavy atom. The monoisotopic (exact) mass is 481 g/mol. The second-order valence-corrected chi connectivity index (χ2v) is 7.72. The number of aliphatic hydroxyl groups excluding tert-OH is 2. The van der Waals surface area contributed by atoms with E-state index in [-0.39, 0.29) is 41.4 Å². The summed E-state index contributed by atoms with van der Waals surface area (Å²) in [6.45, 7) is 4.83. The Morgan fingerprint density at radius 1 is 1.24 bits per heavy atom. The highest BCUT2D eigenvalue weighted by Crippen LogP contribution is 2.33. The summed E-state index contributed by atoms with van der Waals surface area (Å²) in [6.07, 6.45) is -0.0584. The predicted octanol–water partition coefficient (Wildman–Crippen LogP) is 2.82. The van der Waals surface area contributed by atoms with Crippen molar-refractivity contribution in [2.75, 3.05) is 23.8 Å². The molecule has 0 saturated heterocycles. The molecule has 178 valence electrons. The van der Waals surface area contributed by atoms with Gasteiger partial charge >= 0.3 is 0 Å². The molecule has 13 heteroatoms. The Hall–Kier alpha value is -3.22. The molecule has 0 saturated carbocycles. The molecule has 3 aromatic heterocycles. The lowest BCUT2D eigenvalue weighted by Crippen LogP contribution is -2.22. The fourth-order valence-electron chi connectivity index (χ4n) is 2.61. The summed E-state index contributed by atoms with van der Waals surface area (Å²) in [6, 6.07) is 4.09. The summed E-state index contributed by atoms with van der Waals surface area (Å²) in [5, 5.41) is 31.6. The number of aromatic amines is 1. The van der Waals surface area contributed by atoms with Gasteiger partial charge < -0.3 is 30.3 Å². The van der Waals surface area contributed by atoms with Gasteiger partial charge in [-0.15, -0.1) is 5.10 Å². The fraction of sp³-hybridized carbons (Fsp3) is 0.400. The van der Waals surface area contributed by atoms with Gasteiger partial charge in [-0.25, -0.2) is 4.39 Å². The van der Waals surface area contributed by atoms with Gasteiger partial charge in [0.05, 0.1) is 30.6 Å². The maximum Gasteiger partial charge on any atom is 0.239 e. The van der Waals surface area contributed by atoms with E-state index in [1.54, 1.807) is 13.0 Å². The Balaban J connectivity index is 1.86. The zero-order chi connectivity index (χ0) is 24.0. The van der Waals surface area contributed by atoms with E-state index >= 15 is 0 Å². The smallest absolute Gasteiger partial charge is 0.239 e. The van der Waals surface area contributed by atoms with Crippen LogP contribution in [0.3, 0.4) is 0 Å². The van der Waals surface area contributed by atoms with Crippen LogP contribution in [0.4, 0.5) is 22.0 Å². The number of H-pyrrole nitrogens is 1. The number of nitrogens with zero attached hydrogens (tertiary/aromatic N) is 4. The van der Waals surface area contributed by atoms with Crippen molar-refractivity contribution in [3.63, 3.8) is 0 Å². The standard InChI is InChI=1S/C20H25ClFN7O4/c1-10(2)33-16-6-15(28-29-16)25-18-17(21)19(32-9-13(31)8-30)27-20(26-18)24-11(3)14-5-4-12(22)7-23-14/h4-7,10-11,13,30-31H,8-9H2,1-3H3,(H3,24,25,26,27,28,29)/t11-,13-/m0/s1. The van der Waals surface area contributed by atoms with Crippen LogP contribution in [0, 0.1) is 5.82 Å². The SMILES string of the molecule is CC(C)Oc1cc(Nc2nc(N[C@@H](C)c3ccc(F)cn3)nc(OC[C@@H](O)CO)c2Cl)[nH]n1. The van der Waals surface area contributed by atoms with E-state index in [0.29, 0.717) is 17.4 Å².